The van der Waals surface area contributed by atoms with Crippen molar-refractivity contribution in [2.45, 2.75) is 44.8 Å². The molecule has 1 aliphatic carbocycles. The van der Waals surface area contributed by atoms with E-state index in [0.29, 0.717) is 11.2 Å². The first kappa shape index (κ1) is 27.9. The number of hydrogen-bond acceptors (Lipinski definition) is 7. The molecule has 41 heavy (non-hydrogen) atoms. The van der Waals surface area contributed by atoms with Gasteiger partial charge >= 0.3 is 6.61 Å². The summed E-state index contributed by atoms with van der Waals surface area (Å²) >= 11 is 0. The summed E-state index contributed by atoms with van der Waals surface area (Å²) in [6.45, 7) is -2.86. The summed E-state index contributed by atoms with van der Waals surface area (Å²) in [5.41, 5.74) is 3.58. The first-order valence-corrected chi connectivity index (χ1v) is 13.4. The van der Waals surface area contributed by atoms with E-state index in [2.05, 4.69) is 19.7 Å². The molecule has 0 unspecified atom stereocenters. The van der Waals surface area contributed by atoms with Crippen molar-refractivity contribution in [2.75, 3.05) is 19.0 Å². The fraction of sp³-hybridized carbons (Fsp3) is 0.345. The second kappa shape index (κ2) is 11.9. The molecule has 10 nitrogen and oxygen atoms in total. The molecule has 0 radical (unpaired) electrons. The summed E-state index contributed by atoms with van der Waals surface area (Å²) in [6, 6.07) is 9.28. The molecule has 4 heterocycles. The van der Waals surface area contributed by atoms with Crippen molar-refractivity contribution in [3.63, 3.8) is 0 Å². The third-order valence-corrected chi connectivity index (χ3v) is 7.28. The molecule has 5 aromatic rings. The Kier molecular flexibility index (Phi) is 8.09. The average molecular weight is 564 g/mol. The maximum Gasteiger partial charge on any atom is 0.387 e. The van der Waals surface area contributed by atoms with Gasteiger partial charge in [0.1, 0.15) is 28.8 Å². The molecular formula is C29H31F2N7O3. The summed E-state index contributed by atoms with van der Waals surface area (Å²) in [4.78, 5) is 39.6. The minimum absolute atomic E-state index is 0.0423. The number of benzene rings is 1. The molecule has 0 atom stereocenters. The highest BCUT2D eigenvalue weighted by atomic mass is 19.3. The zero-order valence-electron chi connectivity index (χ0n) is 23.1. The van der Waals surface area contributed by atoms with E-state index in [9.17, 15) is 18.4 Å². The minimum Gasteiger partial charge on any atom is -0.435 e. The Morgan fingerprint density at radius 1 is 0.951 bits per heavy atom. The van der Waals surface area contributed by atoms with Crippen molar-refractivity contribution < 1.29 is 13.5 Å². The van der Waals surface area contributed by atoms with Crippen molar-refractivity contribution in [1.29, 1.82) is 0 Å². The van der Waals surface area contributed by atoms with E-state index in [1.54, 1.807) is 12.5 Å². The Hall–Kier alpha value is -4.61. The second-order valence-electron chi connectivity index (χ2n) is 10.1. The molecular weight excluding hydrogens is 532 g/mol. The van der Waals surface area contributed by atoms with Crippen molar-refractivity contribution in [2.24, 2.45) is 7.05 Å². The summed E-state index contributed by atoms with van der Waals surface area (Å²) in [5.74, 6) is 0.0423. The second-order valence-corrected chi connectivity index (χ2v) is 10.1. The van der Waals surface area contributed by atoms with Crippen LogP contribution in [0.3, 0.4) is 0 Å². The normalized spacial score (nSPS) is 13.8. The molecule has 0 spiro atoms. The number of hydrogen-bond donors (Lipinski definition) is 0. The zero-order valence-corrected chi connectivity index (χ0v) is 23.1. The molecule has 1 aromatic carbocycles. The van der Waals surface area contributed by atoms with Gasteiger partial charge in [-0.25, -0.2) is 15.0 Å². The molecule has 12 heteroatoms. The number of alkyl halides is 2. The zero-order chi connectivity index (χ0) is 29.1. The van der Waals surface area contributed by atoms with E-state index < -0.39 is 6.61 Å². The first-order chi connectivity index (χ1) is 19.8. The molecule has 0 saturated heterocycles. The van der Waals surface area contributed by atoms with Crippen LogP contribution in [0.5, 0.6) is 5.75 Å². The van der Waals surface area contributed by atoms with Gasteiger partial charge in [-0.3, -0.25) is 18.7 Å². The SMILES string of the molecule is CN(C)c1ccnc2c1c1ncn(C3CCCCC3)c(=O)c1n2C.O=c1ccncn1-c1ccc(OC(F)F)cc1. The highest BCUT2D eigenvalue weighted by Gasteiger charge is 2.22. The topological polar surface area (TPSA) is 100 Å². The molecule has 4 aromatic heterocycles. The van der Waals surface area contributed by atoms with Crippen LogP contribution in [0.1, 0.15) is 38.1 Å². The minimum atomic E-state index is -2.86. The number of aromatic nitrogens is 6. The van der Waals surface area contributed by atoms with Crippen LogP contribution in [0.15, 0.2) is 71.0 Å². The highest BCUT2D eigenvalue weighted by Crippen LogP contribution is 2.32. The van der Waals surface area contributed by atoms with Crippen molar-refractivity contribution in [3.05, 3.63) is 82.2 Å². The van der Waals surface area contributed by atoms with Gasteiger partial charge in [0, 0.05) is 45.6 Å². The predicted octanol–water partition coefficient (Wildman–Crippen LogP) is 4.69. The van der Waals surface area contributed by atoms with E-state index in [-0.39, 0.29) is 22.9 Å². The van der Waals surface area contributed by atoms with Crippen LogP contribution in [-0.2, 0) is 7.05 Å². The molecule has 214 valence electrons. The smallest absolute Gasteiger partial charge is 0.387 e. The molecule has 1 saturated carbocycles. The fourth-order valence-corrected chi connectivity index (χ4v) is 5.29. The van der Waals surface area contributed by atoms with E-state index in [0.717, 1.165) is 35.1 Å². The van der Waals surface area contributed by atoms with Gasteiger partial charge in [-0.1, -0.05) is 19.3 Å². The number of rotatable bonds is 5. The Morgan fingerprint density at radius 3 is 2.34 bits per heavy atom. The largest absolute Gasteiger partial charge is 0.435 e. The summed E-state index contributed by atoms with van der Waals surface area (Å²) < 4.78 is 33.1. The quantitative estimate of drug-likeness (QED) is 0.306. The van der Waals surface area contributed by atoms with Crippen LogP contribution < -0.4 is 20.8 Å². The van der Waals surface area contributed by atoms with Crippen LogP contribution in [0.2, 0.25) is 0 Å². The molecule has 0 bridgehead atoms. The number of halogens is 2. The summed E-state index contributed by atoms with van der Waals surface area (Å²) in [7, 11) is 5.90. The van der Waals surface area contributed by atoms with E-state index >= 15 is 0 Å². The van der Waals surface area contributed by atoms with Gasteiger partial charge in [0.2, 0.25) is 0 Å². The Labute approximate surface area is 234 Å². The Balaban J connectivity index is 0.000000175. The maximum atomic E-state index is 13.2. The monoisotopic (exact) mass is 563 g/mol. The number of anilines is 1. The van der Waals surface area contributed by atoms with Gasteiger partial charge < -0.3 is 14.2 Å². The van der Waals surface area contributed by atoms with Crippen LogP contribution in [0.25, 0.3) is 27.8 Å². The third kappa shape index (κ3) is 5.67. The van der Waals surface area contributed by atoms with E-state index in [1.165, 1.54) is 66.7 Å². The van der Waals surface area contributed by atoms with Crippen molar-refractivity contribution in [1.82, 2.24) is 28.7 Å². The Morgan fingerprint density at radius 2 is 1.68 bits per heavy atom. The van der Waals surface area contributed by atoms with Gasteiger partial charge in [-0.2, -0.15) is 8.78 Å². The molecule has 6 rings (SSSR count). The highest BCUT2D eigenvalue weighted by molar-refractivity contribution is 6.10. The van der Waals surface area contributed by atoms with Gasteiger partial charge in [0.25, 0.3) is 11.1 Å². The lowest BCUT2D eigenvalue weighted by Crippen LogP contribution is -2.27. The molecule has 0 amide bonds. The van der Waals surface area contributed by atoms with E-state index in [1.807, 2.05) is 41.2 Å². The number of ether oxygens (including phenoxy) is 1. The standard InChI is InChI=1S/C18H23N5O.C11H8F2N2O2/c1-21(2)13-9-10-19-17-14(13)15-16(22(17)3)18(24)23(11-20-15)12-7-5-4-6-8-12;12-11(13)17-9-3-1-8(2-4-9)15-7-14-6-5-10(15)16/h9-12H,4-8H2,1-3H3;1-7,11H. The lowest BCUT2D eigenvalue weighted by molar-refractivity contribution is -0.0498. The molecule has 0 aliphatic heterocycles. The summed E-state index contributed by atoms with van der Waals surface area (Å²) in [6.07, 6.45) is 12.1. The van der Waals surface area contributed by atoms with E-state index in [4.69, 9.17) is 0 Å². The molecule has 0 N–H and O–H groups in total. The predicted molar refractivity (Wildman–Crippen MR) is 153 cm³/mol. The van der Waals surface area contributed by atoms with Crippen molar-refractivity contribution in [3.8, 4) is 11.4 Å². The number of aryl methyl sites for hydroxylation is 1. The Bertz CT molecular complexity index is 1770. The number of nitrogens with zero attached hydrogens (tertiary/aromatic N) is 7. The van der Waals surface area contributed by atoms with Crippen LogP contribution in [0, 0.1) is 0 Å². The van der Waals surface area contributed by atoms with Gasteiger partial charge in [-0.05, 0) is 43.2 Å². The summed E-state index contributed by atoms with van der Waals surface area (Å²) in [5, 5.41) is 0.952. The molecule has 1 fully saturated rings. The van der Waals surface area contributed by atoms with Crippen molar-refractivity contribution >= 4 is 27.8 Å². The lowest BCUT2D eigenvalue weighted by atomic mass is 9.95. The van der Waals surface area contributed by atoms with Gasteiger partial charge in [0.15, 0.2) is 0 Å². The van der Waals surface area contributed by atoms with Gasteiger partial charge in [0.05, 0.1) is 23.1 Å². The van der Waals surface area contributed by atoms with Crippen LogP contribution in [-0.4, -0.2) is 49.4 Å². The molecule has 1 aliphatic rings. The van der Waals surface area contributed by atoms with Gasteiger partial charge in [-0.15, -0.1) is 0 Å². The average Bonchev–Trinajstić information content (AvgIpc) is 3.27. The van der Waals surface area contributed by atoms with Crippen LogP contribution >= 0.6 is 0 Å². The maximum absolute atomic E-state index is 13.2. The lowest BCUT2D eigenvalue weighted by Gasteiger charge is -2.23. The van der Waals surface area contributed by atoms with Crippen LogP contribution in [0.4, 0.5) is 14.5 Å². The number of fused-ring (bicyclic) bond motifs is 3. The third-order valence-electron chi connectivity index (χ3n) is 7.28. The number of pyridine rings is 1. The first-order valence-electron chi connectivity index (χ1n) is 13.4. The fourth-order valence-electron chi connectivity index (χ4n) is 5.29.